The average Bonchev–Trinajstić information content (AvgIpc) is 3.28. The maximum atomic E-state index is 13.4. The molecule has 4 rings (SSSR count). The number of hydrogen-bond donors (Lipinski definition) is 0. The van der Waals surface area contributed by atoms with Gasteiger partial charge in [-0.25, -0.2) is 17.2 Å². The normalized spacial score (nSPS) is 11.9. The van der Waals surface area contributed by atoms with Gasteiger partial charge in [-0.3, -0.25) is 0 Å². The van der Waals surface area contributed by atoms with Crippen LogP contribution in [0.25, 0.3) is 22.2 Å². The van der Waals surface area contributed by atoms with E-state index >= 15 is 0 Å². The minimum Gasteiger partial charge on any atom is -0.445 e. The highest BCUT2D eigenvalue weighted by molar-refractivity contribution is 14.1. The van der Waals surface area contributed by atoms with Crippen LogP contribution in [-0.4, -0.2) is 34.4 Å². The van der Waals surface area contributed by atoms with Gasteiger partial charge in [-0.1, -0.05) is 35.9 Å². The summed E-state index contributed by atoms with van der Waals surface area (Å²) in [4.78, 5) is 12.8. The number of carbonyl (C=O) groups is 1. The lowest BCUT2D eigenvalue weighted by atomic mass is 10.1. The summed E-state index contributed by atoms with van der Waals surface area (Å²) in [5.41, 5.74) is 2.55. The van der Waals surface area contributed by atoms with Gasteiger partial charge in [0.2, 0.25) is 0 Å². The molecule has 0 aliphatic heterocycles. The van der Waals surface area contributed by atoms with Crippen molar-refractivity contribution in [2.24, 2.45) is 0 Å². The number of aryl methyl sites for hydroxylation is 1. The molecule has 2 heterocycles. The number of ether oxygens (including phenoxy) is 1. The number of halogens is 1. The molecule has 4 aromatic rings. The van der Waals surface area contributed by atoms with Crippen molar-refractivity contribution in [1.29, 1.82) is 0 Å². The number of carbonyl (C=O) groups excluding carboxylic acids is 1. The van der Waals surface area contributed by atoms with Crippen LogP contribution in [0.15, 0.2) is 65.8 Å². The Hall–Kier alpha value is -2.66. The fourth-order valence-electron chi connectivity index (χ4n) is 3.32. The predicted molar refractivity (Wildman–Crippen MR) is 127 cm³/mol. The third-order valence-corrected chi connectivity index (χ3v) is 7.22. The molecule has 2 aromatic heterocycles. The molecule has 0 amide bonds. The van der Waals surface area contributed by atoms with Crippen LogP contribution >= 0.6 is 22.6 Å². The van der Waals surface area contributed by atoms with Crippen LogP contribution in [0.3, 0.4) is 0 Å². The van der Waals surface area contributed by atoms with Gasteiger partial charge in [0.05, 0.1) is 32.0 Å². The number of benzene rings is 2. The fourth-order valence-corrected chi connectivity index (χ4v) is 5.34. The largest absolute Gasteiger partial charge is 0.445 e. The maximum absolute atomic E-state index is 13.4. The van der Waals surface area contributed by atoms with Crippen molar-refractivity contribution in [3.05, 3.63) is 70.1 Å². The van der Waals surface area contributed by atoms with Crippen LogP contribution in [0.5, 0.6) is 0 Å². The lowest BCUT2D eigenvalue weighted by molar-refractivity contribution is 0.114. The smallest absolute Gasteiger partial charge is 0.435 e. The molecule has 0 aliphatic rings. The number of nitrogens with zero attached hydrogens (tertiary/aromatic N) is 3. The molecular weight excluding hydrogens is 529 g/mol. The van der Waals surface area contributed by atoms with E-state index in [4.69, 9.17) is 4.74 Å². The quantitative estimate of drug-likeness (QED) is 0.333. The summed E-state index contributed by atoms with van der Waals surface area (Å²) >= 11 is 2.08. The van der Waals surface area contributed by atoms with Crippen molar-refractivity contribution < 1.29 is 17.9 Å². The number of fused-ring (bicyclic) bond motifs is 1. The summed E-state index contributed by atoms with van der Waals surface area (Å²) in [6, 6.07) is 13.9. The van der Waals surface area contributed by atoms with Crippen LogP contribution in [-0.2, 0) is 14.8 Å². The molecule has 0 unspecified atom stereocenters. The van der Waals surface area contributed by atoms with Crippen molar-refractivity contribution in [2.75, 3.05) is 0 Å². The molecule has 31 heavy (non-hydrogen) atoms. The van der Waals surface area contributed by atoms with E-state index in [1.807, 2.05) is 19.1 Å². The second kappa shape index (κ2) is 8.12. The highest BCUT2D eigenvalue weighted by Crippen LogP contribution is 2.35. The minimum atomic E-state index is -3.85. The van der Waals surface area contributed by atoms with E-state index in [1.165, 1.54) is 14.9 Å². The summed E-state index contributed by atoms with van der Waals surface area (Å²) in [6.45, 7) is 5.41. The minimum absolute atomic E-state index is 0.188. The Kier molecular flexibility index (Phi) is 5.65. The predicted octanol–water partition coefficient (Wildman–Crippen LogP) is 5.05. The van der Waals surface area contributed by atoms with Crippen molar-refractivity contribution >= 4 is 49.6 Å². The van der Waals surface area contributed by atoms with Gasteiger partial charge in [-0.05, 0) is 61.6 Å². The van der Waals surface area contributed by atoms with Gasteiger partial charge in [0, 0.05) is 17.1 Å². The first-order valence-electron chi connectivity index (χ1n) is 9.57. The van der Waals surface area contributed by atoms with Gasteiger partial charge in [-0.2, -0.15) is 9.78 Å². The van der Waals surface area contributed by atoms with Gasteiger partial charge in [0.15, 0.2) is 0 Å². The van der Waals surface area contributed by atoms with Gasteiger partial charge >= 0.3 is 6.09 Å². The van der Waals surface area contributed by atoms with E-state index in [1.54, 1.807) is 56.4 Å². The lowest BCUT2D eigenvalue weighted by Crippen LogP contribution is -2.20. The van der Waals surface area contributed by atoms with Crippen LogP contribution in [0.4, 0.5) is 4.79 Å². The van der Waals surface area contributed by atoms with Crippen LogP contribution in [0, 0.1) is 10.5 Å². The fraction of sp³-hybridized carbons (Fsp3) is 0.182. The first-order chi connectivity index (χ1) is 14.7. The molecule has 2 aromatic carbocycles. The molecule has 0 bridgehead atoms. The Balaban J connectivity index is 1.95. The summed E-state index contributed by atoms with van der Waals surface area (Å²) in [6.07, 6.45) is 2.16. The lowest BCUT2D eigenvalue weighted by Gasteiger charge is -2.10. The van der Waals surface area contributed by atoms with Gasteiger partial charge in [-0.15, -0.1) is 0 Å². The Morgan fingerprint density at radius 3 is 2.45 bits per heavy atom. The Morgan fingerprint density at radius 2 is 1.77 bits per heavy atom. The number of para-hydroxylation sites is 1. The number of hydrogen-bond acceptors (Lipinski definition) is 5. The van der Waals surface area contributed by atoms with E-state index in [0.29, 0.717) is 25.7 Å². The molecule has 0 spiro atoms. The third-order valence-electron chi connectivity index (χ3n) is 4.74. The average molecular weight is 549 g/mol. The molecule has 9 heteroatoms. The molecule has 0 N–H and O–H groups in total. The second-order valence-corrected chi connectivity index (χ2v) is 10.3. The van der Waals surface area contributed by atoms with Crippen LogP contribution in [0.1, 0.15) is 19.4 Å². The number of aromatic nitrogens is 3. The molecular formula is C22H20IN3O4S. The van der Waals surface area contributed by atoms with E-state index in [9.17, 15) is 13.2 Å². The van der Waals surface area contributed by atoms with E-state index in [2.05, 4.69) is 27.7 Å². The first-order valence-corrected chi connectivity index (χ1v) is 12.1. The van der Waals surface area contributed by atoms with Crippen molar-refractivity contribution in [2.45, 2.75) is 31.8 Å². The van der Waals surface area contributed by atoms with Gasteiger partial charge < -0.3 is 4.74 Å². The molecule has 0 saturated carbocycles. The standard InChI is InChI=1S/C22H20IN3O4S/c1-14(2)30-22(27)26-21(19(23)12-24-26)18-13-25(20-7-5-4-6-17(18)20)31(28,29)16-10-8-15(3)9-11-16/h4-14H,1-3H3. The third kappa shape index (κ3) is 3.87. The zero-order chi connectivity index (χ0) is 22.3. The van der Waals surface area contributed by atoms with Gasteiger partial charge in [0.25, 0.3) is 10.0 Å². The zero-order valence-corrected chi connectivity index (χ0v) is 20.1. The van der Waals surface area contributed by atoms with Crippen molar-refractivity contribution in [3.63, 3.8) is 0 Å². The molecule has 0 fully saturated rings. The maximum Gasteiger partial charge on any atom is 0.435 e. The summed E-state index contributed by atoms with van der Waals surface area (Å²) in [7, 11) is -3.85. The highest BCUT2D eigenvalue weighted by Gasteiger charge is 2.26. The SMILES string of the molecule is Cc1ccc(S(=O)(=O)n2cc(-c3c(I)cnn3C(=O)OC(C)C)c3ccccc32)cc1. The summed E-state index contributed by atoms with van der Waals surface area (Å²) in [5, 5.41) is 4.86. The highest BCUT2D eigenvalue weighted by atomic mass is 127. The zero-order valence-electron chi connectivity index (χ0n) is 17.1. The van der Waals surface area contributed by atoms with Crippen molar-refractivity contribution in [3.8, 4) is 11.3 Å². The molecule has 0 saturated heterocycles. The van der Waals surface area contributed by atoms with Crippen molar-refractivity contribution in [1.82, 2.24) is 13.8 Å². The Labute approximate surface area is 193 Å². The van der Waals surface area contributed by atoms with E-state index in [-0.39, 0.29) is 11.0 Å². The van der Waals surface area contributed by atoms with E-state index < -0.39 is 16.1 Å². The van der Waals surface area contributed by atoms with Crippen LogP contribution in [0.2, 0.25) is 0 Å². The molecule has 160 valence electrons. The summed E-state index contributed by atoms with van der Waals surface area (Å²) < 4.78 is 35.3. The van der Waals surface area contributed by atoms with Crippen LogP contribution < -0.4 is 0 Å². The molecule has 0 aliphatic carbocycles. The van der Waals surface area contributed by atoms with Gasteiger partial charge in [0.1, 0.15) is 0 Å². The Bertz CT molecular complexity index is 1390. The molecule has 7 nitrogen and oxygen atoms in total. The molecule has 0 atom stereocenters. The molecule has 0 radical (unpaired) electrons. The van der Waals surface area contributed by atoms with E-state index in [0.717, 1.165) is 5.56 Å². The number of rotatable bonds is 4. The topological polar surface area (TPSA) is 83.2 Å². The summed E-state index contributed by atoms with van der Waals surface area (Å²) in [5.74, 6) is 0. The first kappa shape index (κ1) is 21.6. The Morgan fingerprint density at radius 1 is 1.10 bits per heavy atom. The monoisotopic (exact) mass is 549 g/mol. The second-order valence-electron chi connectivity index (χ2n) is 7.36.